The van der Waals surface area contributed by atoms with E-state index in [0.29, 0.717) is 12.8 Å². The molecule has 0 spiro atoms. The molecule has 0 aromatic rings. The number of epoxide rings is 1. The van der Waals surface area contributed by atoms with Gasteiger partial charge in [-0.1, -0.05) is 0 Å². The maximum Gasteiger partial charge on any atom is 0.309 e. The summed E-state index contributed by atoms with van der Waals surface area (Å²) >= 11 is 0. The van der Waals surface area contributed by atoms with Gasteiger partial charge in [0.15, 0.2) is 0 Å². The molecule has 0 aromatic carbocycles. The Bertz CT molecular complexity index is 260. The van der Waals surface area contributed by atoms with Crippen molar-refractivity contribution in [2.75, 3.05) is 14.2 Å². The van der Waals surface area contributed by atoms with Gasteiger partial charge in [-0.2, -0.15) is 0 Å². The predicted molar refractivity (Wildman–Crippen MR) is 48.9 cm³/mol. The van der Waals surface area contributed by atoms with E-state index in [1.807, 2.05) is 0 Å². The molecular formula is C10H14O5. The number of hydrogen-bond donors (Lipinski definition) is 0. The minimum absolute atomic E-state index is 0.134. The van der Waals surface area contributed by atoms with Crippen molar-refractivity contribution in [1.82, 2.24) is 0 Å². The zero-order chi connectivity index (χ0) is 11.0. The lowest BCUT2D eigenvalue weighted by molar-refractivity contribution is -0.158. The summed E-state index contributed by atoms with van der Waals surface area (Å²) in [5.41, 5.74) is 0. The summed E-state index contributed by atoms with van der Waals surface area (Å²) in [4.78, 5) is 23.0. The molecule has 5 nitrogen and oxygen atoms in total. The third kappa shape index (κ3) is 1.84. The Hall–Kier alpha value is -1.10. The van der Waals surface area contributed by atoms with E-state index in [4.69, 9.17) is 4.74 Å². The summed E-state index contributed by atoms with van der Waals surface area (Å²) < 4.78 is 14.7. The number of carbonyl (C=O) groups excluding carboxylic acids is 2. The van der Waals surface area contributed by atoms with Crippen LogP contribution in [0.1, 0.15) is 12.8 Å². The molecule has 1 heterocycles. The van der Waals surface area contributed by atoms with Crippen molar-refractivity contribution >= 4 is 11.9 Å². The van der Waals surface area contributed by atoms with Gasteiger partial charge in [-0.15, -0.1) is 0 Å². The summed E-state index contributed by atoms with van der Waals surface area (Å²) in [7, 11) is 2.66. The van der Waals surface area contributed by atoms with Gasteiger partial charge in [-0.3, -0.25) is 9.59 Å². The van der Waals surface area contributed by atoms with Crippen molar-refractivity contribution in [3.63, 3.8) is 0 Å². The number of fused-ring (bicyclic) bond motifs is 1. The molecule has 0 bridgehead atoms. The highest BCUT2D eigenvalue weighted by molar-refractivity contribution is 5.82. The Morgan fingerprint density at radius 3 is 1.73 bits per heavy atom. The van der Waals surface area contributed by atoms with Crippen LogP contribution >= 0.6 is 0 Å². The second kappa shape index (κ2) is 3.81. The van der Waals surface area contributed by atoms with Crippen LogP contribution in [0.5, 0.6) is 0 Å². The number of methoxy groups -OCH3 is 2. The van der Waals surface area contributed by atoms with Gasteiger partial charge in [0.1, 0.15) is 0 Å². The van der Waals surface area contributed by atoms with E-state index >= 15 is 0 Å². The van der Waals surface area contributed by atoms with Crippen LogP contribution in [-0.2, 0) is 23.8 Å². The third-order valence-electron chi connectivity index (χ3n) is 3.15. The minimum atomic E-state index is -0.411. The Morgan fingerprint density at radius 1 is 1.00 bits per heavy atom. The average Bonchev–Trinajstić information content (AvgIpc) is 3.03. The lowest BCUT2D eigenvalue weighted by Gasteiger charge is -2.24. The highest BCUT2D eigenvalue weighted by Gasteiger charge is 2.53. The maximum atomic E-state index is 11.5. The molecule has 1 aliphatic carbocycles. The number of rotatable bonds is 2. The van der Waals surface area contributed by atoms with E-state index in [-0.39, 0.29) is 24.1 Å². The summed E-state index contributed by atoms with van der Waals surface area (Å²) in [6, 6.07) is 0. The van der Waals surface area contributed by atoms with Crippen molar-refractivity contribution in [2.24, 2.45) is 11.8 Å². The van der Waals surface area contributed by atoms with Crippen molar-refractivity contribution in [3.8, 4) is 0 Å². The number of carbonyl (C=O) groups is 2. The molecule has 15 heavy (non-hydrogen) atoms. The van der Waals surface area contributed by atoms with Crippen LogP contribution in [-0.4, -0.2) is 38.4 Å². The van der Waals surface area contributed by atoms with Gasteiger partial charge >= 0.3 is 11.9 Å². The highest BCUT2D eigenvalue weighted by Crippen LogP contribution is 2.43. The maximum absolute atomic E-state index is 11.5. The zero-order valence-corrected chi connectivity index (χ0v) is 8.76. The molecule has 0 aromatic heterocycles. The van der Waals surface area contributed by atoms with Crippen LogP contribution in [0.25, 0.3) is 0 Å². The van der Waals surface area contributed by atoms with E-state index in [1.54, 1.807) is 0 Å². The monoisotopic (exact) mass is 214 g/mol. The number of ether oxygens (including phenoxy) is 3. The molecule has 1 aliphatic heterocycles. The largest absolute Gasteiger partial charge is 0.469 e. The van der Waals surface area contributed by atoms with Crippen molar-refractivity contribution in [1.29, 1.82) is 0 Å². The van der Waals surface area contributed by atoms with Crippen LogP contribution in [0.4, 0.5) is 0 Å². The Kier molecular flexibility index (Phi) is 2.65. The first kappa shape index (κ1) is 10.4. The SMILES string of the molecule is COC(=O)[C@H]1C[C@H]2O[C@H]2C[C@H]1C(=O)OC. The fourth-order valence-electron chi connectivity index (χ4n) is 2.25. The quantitative estimate of drug-likeness (QED) is 0.482. The molecule has 0 amide bonds. The Morgan fingerprint density at radius 2 is 1.40 bits per heavy atom. The van der Waals surface area contributed by atoms with E-state index in [2.05, 4.69) is 9.47 Å². The van der Waals surface area contributed by atoms with Gasteiger partial charge in [0.05, 0.1) is 38.3 Å². The molecule has 2 fully saturated rings. The van der Waals surface area contributed by atoms with Crippen molar-refractivity contribution in [3.05, 3.63) is 0 Å². The van der Waals surface area contributed by atoms with E-state index in [0.717, 1.165) is 0 Å². The highest BCUT2D eigenvalue weighted by atomic mass is 16.6. The van der Waals surface area contributed by atoms with Crippen LogP contribution < -0.4 is 0 Å². The predicted octanol–water partition coefficient (Wildman–Crippen LogP) is 0.126. The van der Waals surface area contributed by atoms with Gasteiger partial charge in [0, 0.05) is 0 Å². The molecule has 1 saturated heterocycles. The first-order chi connectivity index (χ1) is 7.17. The third-order valence-corrected chi connectivity index (χ3v) is 3.15. The lowest BCUT2D eigenvalue weighted by atomic mass is 9.79. The molecule has 2 aliphatic rings. The van der Waals surface area contributed by atoms with Crippen molar-refractivity contribution in [2.45, 2.75) is 25.0 Å². The second-order valence-corrected chi connectivity index (χ2v) is 3.94. The second-order valence-electron chi connectivity index (χ2n) is 3.94. The molecule has 0 radical (unpaired) electrons. The Balaban J connectivity index is 2.09. The number of hydrogen-bond acceptors (Lipinski definition) is 5. The van der Waals surface area contributed by atoms with E-state index in [9.17, 15) is 9.59 Å². The average molecular weight is 214 g/mol. The molecule has 1 saturated carbocycles. The van der Waals surface area contributed by atoms with Gasteiger partial charge in [0.25, 0.3) is 0 Å². The first-order valence-electron chi connectivity index (χ1n) is 4.98. The fourth-order valence-corrected chi connectivity index (χ4v) is 2.25. The van der Waals surface area contributed by atoms with E-state index in [1.165, 1.54) is 14.2 Å². The van der Waals surface area contributed by atoms with Crippen LogP contribution in [0, 0.1) is 11.8 Å². The normalized spacial score (nSPS) is 37.7. The molecule has 84 valence electrons. The summed E-state index contributed by atoms with van der Waals surface area (Å²) in [5.74, 6) is -1.52. The molecule has 5 heteroatoms. The molecule has 0 N–H and O–H groups in total. The molecule has 4 atom stereocenters. The summed E-state index contributed by atoms with van der Waals surface area (Å²) in [6.45, 7) is 0. The van der Waals surface area contributed by atoms with Gasteiger partial charge < -0.3 is 14.2 Å². The molecule has 0 unspecified atom stereocenters. The summed E-state index contributed by atoms with van der Waals surface area (Å²) in [6.07, 6.45) is 1.40. The molecular weight excluding hydrogens is 200 g/mol. The number of esters is 2. The van der Waals surface area contributed by atoms with Crippen molar-refractivity contribution < 1.29 is 23.8 Å². The standard InChI is InChI=1S/C10H14O5/c1-13-9(11)5-3-7-8(15-7)4-6(5)10(12)14-2/h5-8H,3-4H2,1-2H3/t5-,6+,7+,8-. The Labute approximate surface area is 87.7 Å². The fraction of sp³-hybridized carbons (Fsp3) is 0.800. The van der Waals surface area contributed by atoms with Crippen LogP contribution in [0.2, 0.25) is 0 Å². The van der Waals surface area contributed by atoms with E-state index < -0.39 is 11.8 Å². The van der Waals surface area contributed by atoms with Gasteiger partial charge in [-0.25, -0.2) is 0 Å². The lowest BCUT2D eigenvalue weighted by Crippen LogP contribution is -2.36. The molecule has 2 rings (SSSR count). The van der Waals surface area contributed by atoms with Crippen LogP contribution in [0.3, 0.4) is 0 Å². The first-order valence-corrected chi connectivity index (χ1v) is 4.98. The minimum Gasteiger partial charge on any atom is -0.469 e. The summed E-state index contributed by atoms with van der Waals surface area (Å²) in [5, 5.41) is 0. The van der Waals surface area contributed by atoms with Crippen LogP contribution in [0.15, 0.2) is 0 Å². The topological polar surface area (TPSA) is 65.1 Å². The van der Waals surface area contributed by atoms with Gasteiger partial charge in [0.2, 0.25) is 0 Å². The smallest absolute Gasteiger partial charge is 0.309 e. The van der Waals surface area contributed by atoms with Gasteiger partial charge in [-0.05, 0) is 12.8 Å². The zero-order valence-electron chi connectivity index (χ0n) is 8.76.